The van der Waals surface area contributed by atoms with Gasteiger partial charge >= 0.3 is 0 Å². The van der Waals surface area contributed by atoms with Gasteiger partial charge in [-0.1, -0.05) is 17.7 Å². The van der Waals surface area contributed by atoms with Crippen LogP contribution in [0, 0.1) is 10.5 Å². The number of hydrogen-bond donors (Lipinski definition) is 2. The number of aryl methyl sites for hydroxylation is 1. The summed E-state index contributed by atoms with van der Waals surface area (Å²) in [5.74, 6) is 1.02. The largest absolute Gasteiger partial charge is 0.383 e. The summed E-state index contributed by atoms with van der Waals surface area (Å²) in [5.41, 5.74) is 13.9. The predicted octanol–water partition coefficient (Wildman–Crippen LogP) is 2.75. The van der Waals surface area contributed by atoms with Gasteiger partial charge in [-0.25, -0.2) is 9.97 Å². The monoisotopic (exact) mass is 374 g/mol. The highest BCUT2D eigenvalue weighted by Gasteiger charge is 2.14. The summed E-state index contributed by atoms with van der Waals surface area (Å²) in [4.78, 5) is 8.53. The normalized spacial score (nSPS) is 10.7. The highest BCUT2D eigenvalue weighted by molar-refractivity contribution is 14.1. The van der Waals surface area contributed by atoms with Crippen LogP contribution in [0.3, 0.4) is 0 Å². The van der Waals surface area contributed by atoms with Crippen LogP contribution in [0.2, 0.25) is 5.02 Å². The van der Waals surface area contributed by atoms with E-state index in [0.717, 1.165) is 14.7 Å². The summed E-state index contributed by atoms with van der Waals surface area (Å²) in [5, 5.41) is 0.633. The molecule has 0 unspecified atom stereocenters. The zero-order valence-electron chi connectivity index (χ0n) is 9.74. The quantitative estimate of drug-likeness (QED) is 0.792. The molecule has 0 bridgehead atoms. The van der Waals surface area contributed by atoms with Crippen LogP contribution >= 0.6 is 34.2 Å². The van der Waals surface area contributed by atoms with Crippen LogP contribution in [-0.4, -0.2) is 9.97 Å². The minimum atomic E-state index is 0.282. The van der Waals surface area contributed by atoms with Crippen molar-refractivity contribution in [1.29, 1.82) is 0 Å². The molecule has 0 amide bonds. The van der Waals surface area contributed by atoms with Gasteiger partial charge in [0.05, 0.1) is 10.7 Å². The molecule has 0 aliphatic carbocycles. The Labute approximate surface area is 124 Å². The molecule has 2 aromatic rings. The van der Waals surface area contributed by atoms with E-state index in [1.54, 1.807) is 6.92 Å². The van der Waals surface area contributed by atoms with Crippen LogP contribution < -0.4 is 11.5 Å². The van der Waals surface area contributed by atoms with Crippen LogP contribution in [0.5, 0.6) is 0 Å². The van der Waals surface area contributed by atoms with Crippen molar-refractivity contribution in [2.24, 2.45) is 5.73 Å². The van der Waals surface area contributed by atoms with Gasteiger partial charge in [0.15, 0.2) is 0 Å². The molecule has 1 aromatic carbocycles. The van der Waals surface area contributed by atoms with Crippen LogP contribution in [0.25, 0.3) is 11.3 Å². The van der Waals surface area contributed by atoms with Crippen molar-refractivity contribution in [2.75, 3.05) is 5.73 Å². The first-order valence-electron chi connectivity index (χ1n) is 5.31. The fourth-order valence-electron chi connectivity index (χ4n) is 1.72. The molecule has 6 heteroatoms. The average Bonchev–Trinajstić information content (AvgIpc) is 2.28. The summed E-state index contributed by atoms with van der Waals surface area (Å²) >= 11 is 8.46. The lowest BCUT2D eigenvalue weighted by atomic mass is 10.1. The number of halogens is 2. The summed E-state index contributed by atoms with van der Waals surface area (Å²) in [6.45, 7) is 2.07. The van der Waals surface area contributed by atoms with Gasteiger partial charge in [-0.2, -0.15) is 0 Å². The molecular formula is C12H12ClIN4. The lowest BCUT2D eigenvalue weighted by molar-refractivity contribution is 0.985. The fourth-order valence-corrected chi connectivity index (χ4v) is 2.67. The Morgan fingerprint density at radius 3 is 2.67 bits per heavy atom. The maximum absolute atomic E-state index is 6.25. The molecule has 0 aliphatic rings. The third-order valence-corrected chi connectivity index (χ3v) is 3.52. The zero-order chi connectivity index (χ0) is 13.3. The van der Waals surface area contributed by atoms with Crippen molar-refractivity contribution in [1.82, 2.24) is 9.97 Å². The van der Waals surface area contributed by atoms with Gasteiger partial charge in [0, 0.05) is 21.2 Å². The Morgan fingerprint density at radius 2 is 2.06 bits per heavy atom. The molecule has 0 radical (unpaired) electrons. The summed E-state index contributed by atoms with van der Waals surface area (Å²) in [6.07, 6.45) is 0. The molecule has 0 fully saturated rings. The van der Waals surface area contributed by atoms with E-state index < -0.39 is 0 Å². The standard InChI is InChI=1S/C12H12ClIN4/c1-6-17-11(9(5-15)12(16)18-6)8-3-2-7(14)4-10(8)13/h2-4H,5,15H2,1H3,(H2,16,17,18). The van der Waals surface area contributed by atoms with Crippen molar-refractivity contribution >= 4 is 40.0 Å². The third kappa shape index (κ3) is 2.57. The molecule has 0 saturated carbocycles. The van der Waals surface area contributed by atoms with E-state index in [4.69, 9.17) is 23.1 Å². The number of nitrogens with two attached hydrogens (primary N) is 2. The average molecular weight is 375 g/mol. The number of nitrogens with zero attached hydrogens (tertiary/aromatic N) is 2. The van der Waals surface area contributed by atoms with Gasteiger partial charge in [0.2, 0.25) is 0 Å². The van der Waals surface area contributed by atoms with Crippen molar-refractivity contribution in [3.8, 4) is 11.3 Å². The van der Waals surface area contributed by atoms with Gasteiger partial charge in [-0.05, 0) is 41.6 Å². The van der Waals surface area contributed by atoms with Crippen LogP contribution in [0.15, 0.2) is 18.2 Å². The highest BCUT2D eigenvalue weighted by atomic mass is 127. The second-order valence-corrected chi connectivity index (χ2v) is 5.46. The van der Waals surface area contributed by atoms with E-state index in [-0.39, 0.29) is 6.54 Å². The van der Waals surface area contributed by atoms with Gasteiger partial charge in [0.1, 0.15) is 11.6 Å². The lowest BCUT2D eigenvalue weighted by Crippen LogP contribution is -2.09. The molecule has 1 heterocycles. The van der Waals surface area contributed by atoms with E-state index in [9.17, 15) is 0 Å². The Kier molecular flexibility index (Phi) is 4.04. The molecule has 94 valence electrons. The van der Waals surface area contributed by atoms with Crippen LogP contribution in [0.4, 0.5) is 5.82 Å². The lowest BCUT2D eigenvalue weighted by Gasteiger charge is -2.12. The van der Waals surface area contributed by atoms with E-state index in [2.05, 4.69) is 32.6 Å². The molecule has 0 spiro atoms. The smallest absolute Gasteiger partial charge is 0.132 e. The molecule has 0 atom stereocenters. The molecule has 0 saturated heterocycles. The number of hydrogen-bond acceptors (Lipinski definition) is 4. The number of benzene rings is 1. The zero-order valence-corrected chi connectivity index (χ0v) is 12.7. The first kappa shape index (κ1) is 13.5. The summed E-state index contributed by atoms with van der Waals surface area (Å²) in [6, 6.07) is 5.77. The molecule has 4 N–H and O–H groups in total. The minimum absolute atomic E-state index is 0.282. The molecule has 18 heavy (non-hydrogen) atoms. The van der Waals surface area contributed by atoms with E-state index in [0.29, 0.717) is 22.4 Å². The maximum atomic E-state index is 6.25. The Balaban J connectivity index is 2.69. The Hall–Kier alpha value is -0.920. The second kappa shape index (κ2) is 5.38. The van der Waals surface area contributed by atoms with Crippen LogP contribution in [-0.2, 0) is 6.54 Å². The second-order valence-electron chi connectivity index (χ2n) is 3.81. The number of rotatable bonds is 2. The fraction of sp³-hybridized carbons (Fsp3) is 0.167. The van der Waals surface area contributed by atoms with Gasteiger partial charge in [0.25, 0.3) is 0 Å². The van der Waals surface area contributed by atoms with Gasteiger partial charge in [-0.15, -0.1) is 0 Å². The number of nitrogen functional groups attached to an aromatic ring is 1. The molecule has 4 nitrogen and oxygen atoms in total. The molecule has 0 aliphatic heterocycles. The van der Waals surface area contributed by atoms with Gasteiger partial charge in [-0.3, -0.25) is 0 Å². The van der Waals surface area contributed by atoms with Crippen molar-refractivity contribution in [2.45, 2.75) is 13.5 Å². The summed E-state index contributed by atoms with van der Waals surface area (Å²) in [7, 11) is 0. The molecular weight excluding hydrogens is 363 g/mol. The van der Waals surface area contributed by atoms with E-state index in [1.807, 2.05) is 18.2 Å². The number of aromatic nitrogens is 2. The number of anilines is 1. The maximum Gasteiger partial charge on any atom is 0.132 e. The molecule has 2 rings (SSSR count). The van der Waals surface area contributed by atoms with Crippen molar-refractivity contribution < 1.29 is 0 Å². The van der Waals surface area contributed by atoms with E-state index >= 15 is 0 Å². The Bertz CT molecular complexity index is 601. The van der Waals surface area contributed by atoms with E-state index in [1.165, 1.54) is 0 Å². The first-order valence-corrected chi connectivity index (χ1v) is 6.77. The third-order valence-electron chi connectivity index (χ3n) is 2.54. The highest BCUT2D eigenvalue weighted by Crippen LogP contribution is 2.31. The first-order chi connectivity index (χ1) is 8.52. The predicted molar refractivity (Wildman–Crippen MR) is 82.2 cm³/mol. The topological polar surface area (TPSA) is 77.8 Å². The van der Waals surface area contributed by atoms with Crippen LogP contribution in [0.1, 0.15) is 11.4 Å². The SMILES string of the molecule is Cc1nc(N)c(CN)c(-c2ccc(I)cc2Cl)n1. The minimum Gasteiger partial charge on any atom is -0.383 e. The van der Waals surface area contributed by atoms with Crippen molar-refractivity contribution in [3.05, 3.63) is 38.2 Å². The molecule has 1 aromatic heterocycles. The van der Waals surface area contributed by atoms with Gasteiger partial charge < -0.3 is 11.5 Å². The Morgan fingerprint density at radius 1 is 1.33 bits per heavy atom. The summed E-state index contributed by atoms with van der Waals surface area (Å²) < 4.78 is 1.06. The van der Waals surface area contributed by atoms with Crippen molar-refractivity contribution in [3.63, 3.8) is 0 Å².